The van der Waals surface area contributed by atoms with Crippen LogP contribution >= 0.6 is 0 Å². The van der Waals surface area contributed by atoms with Crippen molar-refractivity contribution in [3.63, 3.8) is 0 Å². The van der Waals surface area contributed by atoms with Gasteiger partial charge in [0.05, 0.1) is 0 Å². The van der Waals surface area contributed by atoms with Crippen LogP contribution in [0, 0.1) is 0 Å². The van der Waals surface area contributed by atoms with Crippen LogP contribution in [0.25, 0.3) is 0 Å². The summed E-state index contributed by atoms with van der Waals surface area (Å²) in [7, 11) is -3.72. The quantitative estimate of drug-likeness (QED) is 0.707. The van der Waals surface area contributed by atoms with Crippen molar-refractivity contribution < 1.29 is 18.3 Å². The van der Waals surface area contributed by atoms with Gasteiger partial charge in [0.15, 0.2) is 5.75 Å². The van der Waals surface area contributed by atoms with Gasteiger partial charge >= 0.3 is 5.97 Å². The van der Waals surface area contributed by atoms with Crippen LogP contribution in [0.5, 0.6) is 0 Å². The number of nitrogens with zero attached hydrogens (tertiary/aromatic N) is 1. The van der Waals surface area contributed by atoms with Crippen molar-refractivity contribution in [2.45, 2.75) is 38.3 Å². The van der Waals surface area contributed by atoms with E-state index in [9.17, 15) is 13.2 Å². The first-order valence-electron chi connectivity index (χ1n) is 5.31. The fraction of sp³-hybridized carbons (Fsp3) is 0.889. The molecule has 0 aromatic rings. The minimum Gasteiger partial charge on any atom is -0.480 e. The fourth-order valence-corrected chi connectivity index (χ4v) is 3.64. The van der Waals surface area contributed by atoms with Gasteiger partial charge in [-0.3, -0.25) is 4.79 Å². The number of hydrogen-bond acceptors (Lipinski definition) is 4. The minimum atomic E-state index is -3.72. The van der Waals surface area contributed by atoms with Crippen LogP contribution in [0.15, 0.2) is 0 Å². The lowest BCUT2D eigenvalue weighted by atomic mass is 10.00. The number of rotatable bonds is 4. The highest BCUT2D eigenvalue weighted by atomic mass is 32.2. The number of carbonyl (C=O) groups is 1. The zero-order valence-corrected chi connectivity index (χ0v) is 10.1. The Balaban J connectivity index is 2.86. The number of aliphatic carboxylic acids is 1. The summed E-state index contributed by atoms with van der Waals surface area (Å²) in [5, 5.41) is 8.57. The lowest BCUT2D eigenvalue weighted by molar-refractivity contribution is -0.134. The maximum absolute atomic E-state index is 11.8. The highest BCUT2D eigenvalue weighted by molar-refractivity contribution is 7.89. The molecule has 0 spiro atoms. The average Bonchev–Trinajstić information content (AvgIpc) is 2.15. The summed E-state index contributed by atoms with van der Waals surface area (Å²) in [5.41, 5.74) is 5.73. The van der Waals surface area contributed by atoms with E-state index in [0.29, 0.717) is 13.0 Å². The van der Waals surface area contributed by atoms with Crippen molar-refractivity contribution >= 4 is 16.0 Å². The van der Waals surface area contributed by atoms with Crippen molar-refractivity contribution in [2.24, 2.45) is 5.73 Å². The van der Waals surface area contributed by atoms with Crippen molar-refractivity contribution in [3.8, 4) is 0 Å². The standard InChI is InChI=1S/C9H18N2O4S/c1-7(10)8-4-2-3-5-11(8)16(14,15)6-9(12)13/h7-8H,2-6,10H2,1H3,(H,12,13). The highest BCUT2D eigenvalue weighted by Gasteiger charge is 2.35. The zero-order valence-electron chi connectivity index (χ0n) is 9.30. The van der Waals surface area contributed by atoms with Crippen molar-refractivity contribution in [1.82, 2.24) is 4.31 Å². The lowest BCUT2D eigenvalue weighted by Gasteiger charge is -2.36. The first-order chi connectivity index (χ1) is 7.34. The molecule has 0 aliphatic carbocycles. The SMILES string of the molecule is CC(N)C1CCCCN1S(=O)(=O)CC(=O)O. The largest absolute Gasteiger partial charge is 0.480 e. The summed E-state index contributed by atoms with van der Waals surface area (Å²) >= 11 is 0. The molecule has 7 heteroatoms. The molecule has 16 heavy (non-hydrogen) atoms. The zero-order chi connectivity index (χ0) is 12.3. The smallest absolute Gasteiger partial charge is 0.320 e. The Morgan fingerprint density at radius 2 is 2.19 bits per heavy atom. The predicted octanol–water partition coefficient (Wildman–Crippen LogP) is -0.397. The van der Waals surface area contributed by atoms with Crippen LogP contribution in [0.2, 0.25) is 0 Å². The van der Waals surface area contributed by atoms with E-state index in [1.165, 1.54) is 4.31 Å². The molecule has 94 valence electrons. The number of carboxylic acid groups (broad SMARTS) is 1. The second kappa shape index (κ2) is 5.11. The molecule has 0 bridgehead atoms. The molecule has 1 saturated heterocycles. The molecule has 1 heterocycles. The summed E-state index contributed by atoms with van der Waals surface area (Å²) in [4.78, 5) is 10.5. The average molecular weight is 250 g/mol. The van der Waals surface area contributed by atoms with Crippen molar-refractivity contribution in [2.75, 3.05) is 12.3 Å². The second-order valence-electron chi connectivity index (χ2n) is 4.18. The number of nitrogens with two attached hydrogens (primary N) is 1. The molecule has 3 N–H and O–H groups in total. The lowest BCUT2D eigenvalue weighted by Crippen LogP contribution is -2.52. The Kier molecular flexibility index (Phi) is 4.28. The van der Waals surface area contributed by atoms with Crippen molar-refractivity contribution in [1.29, 1.82) is 0 Å². The topological polar surface area (TPSA) is 101 Å². The molecule has 1 rings (SSSR count). The van der Waals surface area contributed by atoms with Crippen LogP contribution < -0.4 is 5.73 Å². The third-order valence-corrected chi connectivity index (χ3v) is 4.55. The number of hydrogen-bond donors (Lipinski definition) is 2. The van der Waals surface area contributed by atoms with Crippen LogP contribution in [-0.4, -0.2) is 48.2 Å². The van der Waals surface area contributed by atoms with E-state index in [1.54, 1.807) is 6.92 Å². The summed E-state index contributed by atoms with van der Waals surface area (Å²) in [5.74, 6) is -2.18. The second-order valence-corrected chi connectivity index (χ2v) is 6.10. The molecule has 1 aliphatic rings. The van der Waals surface area contributed by atoms with Crippen LogP contribution in [0.3, 0.4) is 0 Å². The van der Waals surface area contributed by atoms with Gasteiger partial charge in [-0.2, -0.15) is 4.31 Å². The number of piperidine rings is 1. The third-order valence-electron chi connectivity index (χ3n) is 2.77. The minimum absolute atomic E-state index is 0.266. The Morgan fingerprint density at radius 3 is 2.69 bits per heavy atom. The maximum Gasteiger partial charge on any atom is 0.320 e. The molecule has 6 nitrogen and oxygen atoms in total. The van der Waals surface area contributed by atoms with Crippen LogP contribution in [0.1, 0.15) is 26.2 Å². The molecule has 0 aromatic heterocycles. The first kappa shape index (κ1) is 13.4. The first-order valence-corrected chi connectivity index (χ1v) is 6.92. The summed E-state index contributed by atoms with van der Waals surface area (Å²) in [6.07, 6.45) is 2.41. The molecule has 0 aromatic carbocycles. The van der Waals surface area contributed by atoms with E-state index >= 15 is 0 Å². The molecular weight excluding hydrogens is 232 g/mol. The predicted molar refractivity (Wildman–Crippen MR) is 59.4 cm³/mol. The van der Waals surface area contributed by atoms with E-state index in [-0.39, 0.29) is 12.1 Å². The monoisotopic (exact) mass is 250 g/mol. The van der Waals surface area contributed by atoms with E-state index in [1.807, 2.05) is 0 Å². The van der Waals surface area contributed by atoms with Gasteiger partial charge in [-0.25, -0.2) is 8.42 Å². The Bertz CT molecular complexity index is 353. The van der Waals surface area contributed by atoms with Gasteiger partial charge in [0.25, 0.3) is 0 Å². The summed E-state index contributed by atoms with van der Waals surface area (Å²) in [6.45, 7) is 2.13. The molecule has 0 amide bonds. The van der Waals surface area contributed by atoms with E-state index in [4.69, 9.17) is 10.8 Å². The molecular formula is C9H18N2O4S. The van der Waals surface area contributed by atoms with Gasteiger partial charge in [0.2, 0.25) is 10.0 Å². The Morgan fingerprint density at radius 1 is 1.56 bits per heavy atom. The molecule has 2 unspecified atom stereocenters. The van der Waals surface area contributed by atoms with E-state index < -0.39 is 21.7 Å². The molecule has 1 aliphatic heterocycles. The normalized spacial score (nSPS) is 25.2. The van der Waals surface area contributed by atoms with E-state index in [2.05, 4.69) is 0 Å². The third kappa shape index (κ3) is 3.16. The molecule has 2 atom stereocenters. The van der Waals surface area contributed by atoms with Crippen LogP contribution in [-0.2, 0) is 14.8 Å². The van der Waals surface area contributed by atoms with Gasteiger partial charge in [-0.1, -0.05) is 6.42 Å². The maximum atomic E-state index is 11.8. The van der Waals surface area contributed by atoms with Crippen LogP contribution in [0.4, 0.5) is 0 Å². The van der Waals surface area contributed by atoms with Gasteiger partial charge in [0.1, 0.15) is 0 Å². The Labute approximate surface area is 95.5 Å². The fourth-order valence-electron chi connectivity index (χ4n) is 2.04. The molecule has 1 fully saturated rings. The highest BCUT2D eigenvalue weighted by Crippen LogP contribution is 2.22. The van der Waals surface area contributed by atoms with Gasteiger partial charge in [-0.15, -0.1) is 0 Å². The summed E-state index contributed by atoms with van der Waals surface area (Å²) < 4.78 is 24.9. The molecule has 0 saturated carbocycles. The molecule has 0 radical (unpaired) electrons. The number of carboxylic acids is 1. The number of sulfonamides is 1. The van der Waals surface area contributed by atoms with Gasteiger partial charge in [-0.05, 0) is 19.8 Å². The van der Waals surface area contributed by atoms with E-state index in [0.717, 1.165) is 12.8 Å². The van der Waals surface area contributed by atoms with Gasteiger partial charge < -0.3 is 10.8 Å². The van der Waals surface area contributed by atoms with Crippen molar-refractivity contribution in [3.05, 3.63) is 0 Å². The Hall–Kier alpha value is -0.660. The summed E-state index contributed by atoms with van der Waals surface area (Å²) in [6, 6.07) is -0.540. The van der Waals surface area contributed by atoms with Gasteiger partial charge in [0, 0.05) is 18.6 Å².